The van der Waals surface area contributed by atoms with E-state index >= 15 is 0 Å². The van der Waals surface area contributed by atoms with Gasteiger partial charge in [-0.1, -0.05) is 25.6 Å². The van der Waals surface area contributed by atoms with E-state index in [0.717, 1.165) is 25.2 Å². The van der Waals surface area contributed by atoms with Crippen molar-refractivity contribution in [1.82, 2.24) is 9.88 Å². The first-order valence-corrected chi connectivity index (χ1v) is 8.91. The quantitative estimate of drug-likeness (QED) is 0.865. The lowest BCUT2D eigenvalue weighted by Gasteiger charge is -2.38. The lowest BCUT2D eigenvalue weighted by Crippen LogP contribution is -2.51. The van der Waals surface area contributed by atoms with E-state index in [4.69, 9.17) is 0 Å². The summed E-state index contributed by atoms with van der Waals surface area (Å²) in [4.78, 5) is 20.3. The van der Waals surface area contributed by atoms with Crippen LogP contribution in [0.2, 0.25) is 0 Å². The van der Waals surface area contributed by atoms with Crippen LogP contribution < -0.4 is 10.2 Å². The monoisotopic (exact) mass is 388 g/mol. The van der Waals surface area contributed by atoms with Gasteiger partial charge in [-0.2, -0.15) is 13.2 Å². The molecule has 2 aromatic rings. The van der Waals surface area contributed by atoms with Gasteiger partial charge in [-0.3, -0.25) is 4.79 Å². The van der Waals surface area contributed by atoms with Crippen molar-refractivity contribution < 1.29 is 18.0 Å². The number of nitrogens with zero attached hydrogens (tertiary/aromatic N) is 3. The molecule has 146 valence electrons. The van der Waals surface area contributed by atoms with Crippen LogP contribution in [0.25, 0.3) is 11.1 Å². The van der Waals surface area contributed by atoms with Gasteiger partial charge in [0, 0.05) is 24.8 Å². The summed E-state index contributed by atoms with van der Waals surface area (Å²) >= 11 is 0. The molecule has 0 saturated carbocycles. The fraction of sp³-hybridized carbons (Fsp3) is 0.300. The highest BCUT2D eigenvalue weighted by Crippen LogP contribution is 2.38. The van der Waals surface area contributed by atoms with Gasteiger partial charge in [0.2, 0.25) is 5.91 Å². The van der Waals surface area contributed by atoms with Gasteiger partial charge in [0.05, 0.1) is 11.3 Å². The highest BCUT2D eigenvalue weighted by atomic mass is 19.4. The summed E-state index contributed by atoms with van der Waals surface area (Å²) < 4.78 is 39.0. The molecule has 1 N–H and O–H groups in total. The number of hydrogen-bond acceptors (Lipinski definition) is 4. The van der Waals surface area contributed by atoms with Crippen LogP contribution in [0, 0.1) is 5.92 Å². The summed E-state index contributed by atoms with van der Waals surface area (Å²) in [7, 11) is 0. The zero-order chi connectivity index (χ0) is 20.1. The number of pyridine rings is 1. The Bertz CT molecular complexity index is 951. The maximum absolute atomic E-state index is 13.0. The maximum atomic E-state index is 13.0. The van der Waals surface area contributed by atoms with Crippen molar-refractivity contribution in [3.63, 3.8) is 0 Å². The average Bonchev–Trinajstić information content (AvgIpc) is 2.93. The molecule has 0 bridgehead atoms. The van der Waals surface area contributed by atoms with Crippen molar-refractivity contribution in [1.29, 1.82) is 0 Å². The second-order valence-corrected chi connectivity index (χ2v) is 7.23. The number of carbonyl (C=O) groups is 1. The normalized spacial score (nSPS) is 16.6. The number of alkyl halides is 3. The molecule has 0 unspecified atom stereocenters. The fourth-order valence-electron chi connectivity index (χ4n) is 3.46. The van der Waals surface area contributed by atoms with Crippen molar-refractivity contribution >= 4 is 17.4 Å². The summed E-state index contributed by atoms with van der Waals surface area (Å²) in [5.74, 6) is 1.54. The van der Waals surface area contributed by atoms with Crippen LogP contribution in [0.1, 0.15) is 12.5 Å². The SMILES string of the molecule is C=C1Nc2ncc(-c3cccc(C(F)(F)F)c3)cc2N1CC(=O)N1CC(C)C1. The van der Waals surface area contributed by atoms with Gasteiger partial charge in [0.15, 0.2) is 5.82 Å². The molecule has 3 heterocycles. The van der Waals surface area contributed by atoms with Crippen molar-refractivity contribution in [2.24, 2.45) is 5.92 Å². The van der Waals surface area contributed by atoms with Gasteiger partial charge in [0.25, 0.3) is 0 Å². The molecule has 1 aromatic carbocycles. The summed E-state index contributed by atoms with van der Waals surface area (Å²) in [6.45, 7) is 7.60. The Morgan fingerprint density at radius 2 is 2.04 bits per heavy atom. The largest absolute Gasteiger partial charge is 0.416 e. The van der Waals surface area contributed by atoms with Crippen molar-refractivity contribution in [3.05, 3.63) is 54.5 Å². The molecule has 2 aliphatic heterocycles. The summed E-state index contributed by atoms with van der Waals surface area (Å²) in [6, 6.07) is 6.83. The molecule has 1 saturated heterocycles. The number of benzene rings is 1. The van der Waals surface area contributed by atoms with E-state index in [2.05, 4.69) is 23.8 Å². The number of halogens is 3. The van der Waals surface area contributed by atoms with E-state index in [9.17, 15) is 18.0 Å². The second kappa shape index (κ2) is 6.54. The highest BCUT2D eigenvalue weighted by molar-refractivity contribution is 5.89. The van der Waals surface area contributed by atoms with E-state index in [-0.39, 0.29) is 12.5 Å². The Labute approximate surface area is 160 Å². The van der Waals surface area contributed by atoms with Gasteiger partial charge >= 0.3 is 6.18 Å². The molecule has 0 aliphatic carbocycles. The molecule has 0 atom stereocenters. The van der Waals surface area contributed by atoms with Gasteiger partial charge in [-0.05, 0) is 29.7 Å². The molecule has 0 spiro atoms. The number of fused-ring (bicyclic) bond motifs is 1. The first kappa shape index (κ1) is 18.3. The van der Waals surface area contributed by atoms with Crippen LogP contribution in [0.3, 0.4) is 0 Å². The average molecular weight is 388 g/mol. The number of nitrogens with one attached hydrogen (secondary N) is 1. The minimum atomic E-state index is -4.41. The van der Waals surface area contributed by atoms with Gasteiger partial charge < -0.3 is 15.1 Å². The van der Waals surface area contributed by atoms with Crippen molar-refractivity contribution in [2.75, 3.05) is 29.9 Å². The number of aromatic nitrogens is 1. The summed E-state index contributed by atoms with van der Waals surface area (Å²) in [5, 5.41) is 3.02. The predicted octanol–water partition coefficient (Wildman–Crippen LogP) is 3.95. The smallest absolute Gasteiger partial charge is 0.340 e. The minimum Gasteiger partial charge on any atom is -0.340 e. The van der Waals surface area contributed by atoms with E-state index in [1.54, 1.807) is 21.9 Å². The molecular formula is C20H19F3N4O. The van der Waals surface area contributed by atoms with E-state index in [1.165, 1.54) is 12.3 Å². The zero-order valence-electron chi connectivity index (χ0n) is 15.3. The molecule has 2 aliphatic rings. The Balaban J connectivity index is 1.62. The van der Waals surface area contributed by atoms with Gasteiger partial charge in [0.1, 0.15) is 12.4 Å². The van der Waals surface area contributed by atoms with Gasteiger partial charge in [-0.25, -0.2) is 4.98 Å². The molecule has 1 fully saturated rings. The van der Waals surface area contributed by atoms with Crippen LogP contribution in [0.15, 0.2) is 48.9 Å². The third kappa shape index (κ3) is 3.30. The summed E-state index contributed by atoms with van der Waals surface area (Å²) in [6.07, 6.45) is -2.90. The second-order valence-electron chi connectivity index (χ2n) is 7.23. The number of rotatable bonds is 3. The molecule has 5 nitrogen and oxygen atoms in total. The Morgan fingerprint density at radius 1 is 1.29 bits per heavy atom. The third-order valence-electron chi connectivity index (χ3n) is 4.98. The fourth-order valence-corrected chi connectivity index (χ4v) is 3.46. The molecule has 1 aromatic heterocycles. The lowest BCUT2D eigenvalue weighted by molar-refractivity contribution is -0.137. The highest BCUT2D eigenvalue weighted by Gasteiger charge is 2.33. The van der Waals surface area contributed by atoms with Crippen LogP contribution in [0.4, 0.5) is 24.7 Å². The Morgan fingerprint density at radius 3 is 2.71 bits per heavy atom. The minimum absolute atomic E-state index is 0.0154. The first-order chi connectivity index (χ1) is 13.2. The molecule has 0 radical (unpaired) electrons. The van der Waals surface area contributed by atoms with E-state index in [0.29, 0.717) is 34.4 Å². The molecule has 8 heteroatoms. The third-order valence-corrected chi connectivity index (χ3v) is 4.98. The molecule has 28 heavy (non-hydrogen) atoms. The number of anilines is 2. The Kier molecular flexibility index (Phi) is 4.28. The Hall–Kier alpha value is -3.03. The topological polar surface area (TPSA) is 48.5 Å². The number of amides is 1. The van der Waals surface area contributed by atoms with Crippen molar-refractivity contribution in [2.45, 2.75) is 13.1 Å². The van der Waals surface area contributed by atoms with E-state index < -0.39 is 11.7 Å². The number of hydrogen-bond donors (Lipinski definition) is 1. The van der Waals surface area contributed by atoms with Crippen LogP contribution in [0.5, 0.6) is 0 Å². The number of carbonyl (C=O) groups excluding carboxylic acids is 1. The lowest BCUT2D eigenvalue weighted by atomic mass is 10.0. The number of likely N-dealkylation sites (tertiary alicyclic amines) is 1. The van der Waals surface area contributed by atoms with Gasteiger partial charge in [-0.15, -0.1) is 0 Å². The predicted molar refractivity (Wildman–Crippen MR) is 101 cm³/mol. The maximum Gasteiger partial charge on any atom is 0.416 e. The molecule has 1 amide bonds. The molecular weight excluding hydrogens is 369 g/mol. The summed E-state index contributed by atoms with van der Waals surface area (Å²) in [5.41, 5.74) is 0.857. The van der Waals surface area contributed by atoms with Crippen LogP contribution in [-0.2, 0) is 11.0 Å². The van der Waals surface area contributed by atoms with Crippen LogP contribution in [-0.4, -0.2) is 35.4 Å². The first-order valence-electron chi connectivity index (χ1n) is 8.91. The van der Waals surface area contributed by atoms with Crippen molar-refractivity contribution in [3.8, 4) is 11.1 Å². The zero-order valence-corrected chi connectivity index (χ0v) is 15.3. The van der Waals surface area contributed by atoms with E-state index in [1.807, 2.05) is 0 Å². The standard InChI is InChI=1S/C20H19F3N4O/c1-12-9-26(10-12)18(28)11-27-13(2)25-19-17(27)7-15(8-24-19)14-4-3-5-16(6-14)20(21,22)23/h3-8,12H,2,9-11H2,1H3,(H,24,25). The van der Waals surface area contributed by atoms with Crippen LogP contribution >= 0.6 is 0 Å². The molecule has 4 rings (SSSR count).